The number of hydrogen-bond acceptors (Lipinski definition) is 4. The number of benzene rings is 3. The van der Waals surface area contributed by atoms with Gasteiger partial charge in [-0.15, -0.1) is 0 Å². The molecule has 0 saturated carbocycles. The summed E-state index contributed by atoms with van der Waals surface area (Å²) in [6.07, 6.45) is 2.57. The van der Waals surface area contributed by atoms with E-state index in [9.17, 15) is 18.0 Å². The summed E-state index contributed by atoms with van der Waals surface area (Å²) in [5, 5.41) is 7.73. The summed E-state index contributed by atoms with van der Waals surface area (Å²) in [6, 6.07) is 20.3. The van der Waals surface area contributed by atoms with Crippen molar-refractivity contribution in [2.24, 2.45) is 0 Å². The van der Waals surface area contributed by atoms with Crippen LogP contribution >= 0.6 is 0 Å². The van der Waals surface area contributed by atoms with Crippen molar-refractivity contribution in [3.05, 3.63) is 84.9 Å². The number of nitrogens with one attached hydrogen (secondary N) is 2. The topological polar surface area (TPSA) is 95.6 Å². The summed E-state index contributed by atoms with van der Waals surface area (Å²) in [7, 11) is -2.18. The molecular formula is C26H29N3O4S. The summed E-state index contributed by atoms with van der Waals surface area (Å²) in [5.41, 5.74) is 1.65. The number of rotatable bonds is 11. The van der Waals surface area contributed by atoms with E-state index in [1.165, 1.54) is 29.6 Å². The zero-order valence-corrected chi connectivity index (χ0v) is 20.0. The molecule has 0 aliphatic rings. The van der Waals surface area contributed by atoms with Gasteiger partial charge in [-0.05, 0) is 59.5 Å². The van der Waals surface area contributed by atoms with Crippen LogP contribution in [0.5, 0.6) is 0 Å². The predicted molar refractivity (Wildman–Crippen MR) is 135 cm³/mol. The van der Waals surface area contributed by atoms with E-state index in [-0.39, 0.29) is 23.3 Å². The first kappa shape index (κ1) is 25.1. The number of amides is 2. The third-order valence-corrected chi connectivity index (χ3v) is 7.35. The van der Waals surface area contributed by atoms with Gasteiger partial charge < -0.3 is 10.6 Å². The molecule has 0 saturated heterocycles. The smallest absolute Gasteiger partial charge is 0.243 e. The molecule has 0 radical (unpaired) electrons. The molecule has 3 rings (SSSR count). The second kappa shape index (κ2) is 11.6. The van der Waals surface area contributed by atoms with Crippen LogP contribution in [0.4, 0.5) is 5.69 Å². The van der Waals surface area contributed by atoms with E-state index < -0.39 is 10.0 Å². The molecule has 0 fully saturated rings. The van der Waals surface area contributed by atoms with Crippen LogP contribution in [0, 0.1) is 0 Å². The van der Waals surface area contributed by atoms with E-state index in [0.29, 0.717) is 31.5 Å². The fraction of sp³-hybridized carbons (Fsp3) is 0.231. The van der Waals surface area contributed by atoms with Crippen molar-refractivity contribution in [1.82, 2.24) is 9.62 Å². The Kier molecular flexibility index (Phi) is 8.56. The fourth-order valence-electron chi connectivity index (χ4n) is 3.58. The first-order valence-corrected chi connectivity index (χ1v) is 12.5. The summed E-state index contributed by atoms with van der Waals surface area (Å²) in [5.74, 6) is -0.428. The quantitative estimate of drug-likeness (QED) is 0.324. The maximum Gasteiger partial charge on any atom is 0.243 e. The van der Waals surface area contributed by atoms with Gasteiger partial charge in [0.1, 0.15) is 0 Å². The van der Waals surface area contributed by atoms with Crippen LogP contribution in [0.3, 0.4) is 0 Å². The van der Waals surface area contributed by atoms with Gasteiger partial charge in [-0.3, -0.25) is 9.59 Å². The highest BCUT2D eigenvalue weighted by atomic mass is 32.2. The van der Waals surface area contributed by atoms with E-state index in [1.54, 1.807) is 12.1 Å². The average Bonchev–Trinajstić information content (AvgIpc) is 2.85. The van der Waals surface area contributed by atoms with Crippen LogP contribution in [0.2, 0.25) is 0 Å². The molecule has 2 amide bonds. The molecule has 0 atom stereocenters. The third-order valence-electron chi connectivity index (χ3n) is 5.48. The normalized spacial score (nSPS) is 11.4. The SMILES string of the molecule is C=CC(=O)NCCCN(C)S(=O)(=O)c1ccc(NC(=O)CCc2cccc3ccccc23)cc1. The van der Waals surface area contributed by atoms with Gasteiger partial charge in [0, 0.05) is 32.2 Å². The Morgan fingerprint density at radius 2 is 1.71 bits per heavy atom. The number of hydrogen-bond donors (Lipinski definition) is 2. The van der Waals surface area contributed by atoms with Crippen LogP contribution in [0.25, 0.3) is 10.8 Å². The molecule has 7 nitrogen and oxygen atoms in total. The number of carbonyl (C=O) groups excluding carboxylic acids is 2. The molecule has 178 valence electrons. The van der Waals surface area contributed by atoms with Crippen molar-refractivity contribution < 1.29 is 18.0 Å². The Hall–Kier alpha value is -3.49. The predicted octanol–water partition coefficient (Wildman–Crippen LogP) is 3.72. The minimum Gasteiger partial charge on any atom is -0.353 e. The summed E-state index contributed by atoms with van der Waals surface area (Å²) >= 11 is 0. The number of nitrogens with zero attached hydrogens (tertiary/aromatic N) is 1. The zero-order valence-electron chi connectivity index (χ0n) is 19.2. The first-order valence-electron chi connectivity index (χ1n) is 11.0. The number of fused-ring (bicyclic) bond motifs is 1. The van der Waals surface area contributed by atoms with Gasteiger partial charge in [0.05, 0.1) is 4.90 Å². The molecule has 0 aliphatic carbocycles. The lowest BCUT2D eigenvalue weighted by Gasteiger charge is -2.17. The van der Waals surface area contributed by atoms with Crippen LogP contribution < -0.4 is 10.6 Å². The van der Waals surface area contributed by atoms with Crippen LogP contribution in [-0.2, 0) is 26.0 Å². The third kappa shape index (κ3) is 6.52. The van der Waals surface area contributed by atoms with Crippen molar-refractivity contribution in [1.29, 1.82) is 0 Å². The largest absolute Gasteiger partial charge is 0.353 e. The summed E-state index contributed by atoms with van der Waals surface area (Å²) in [6.45, 7) is 3.98. The van der Waals surface area contributed by atoms with E-state index in [0.717, 1.165) is 16.3 Å². The minimum atomic E-state index is -3.67. The molecule has 8 heteroatoms. The lowest BCUT2D eigenvalue weighted by atomic mass is 10.0. The van der Waals surface area contributed by atoms with Crippen molar-refractivity contribution in [2.75, 3.05) is 25.5 Å². The Morgan fingerprint density at radius 3 is 2.44 bits per heavy atom. The molecule has 3 aromatic carbocycles. The summed E-state index contributed by atoms with van der Waals surface area (Å²) < 4.78 is 26.7. The standard InChI is InChI=1S/C26H29N3O4S/c1-3-25(30)27-18-7-19-29(2)34(32,33)23-15-13-22(14-16-23)28-26(31)17-12-21-10-6-9-20-8-4-5-11-24(20)21/h3-6,8-11,13-16H,1,7,12,17-19H2,2H3,(H,27,30)(H,28,31). The molecule has 0 bridgehead atoms. The molecule has 0 spiro atoms. The van der Waals surface area contributed by atoms with Crippen molar-refractivity contribution in [3.8, 4) is 0 Å². The number of sulfonamides is 1. The highest BCUT2D eigenvalue weighted by Gasteiger charge is 2.20. The van der Waals surface area contributed by atoms with Gasteiger partial charge in [0.2, 0.25) is 21.8 Å². The van der Waals surface area contributed by atoms with E-state index in [4.69, 9.17) is 0 Å². The molecule has 0 aliphatic heterocycles. The van der Waals surface area contributed by atoms with E-state index in [1.807, 2.05) is 36.4 Å². The maximum atomic E-state index is 12.8. The molecule has 34 heavy (non-hydrogen) atoms. The Morgan fingerprint density at radius 1 is 1.00 bits per heavy atom. The lowest BCUT2D eigenvalue weighted by Crippen LogP contribution is -2.31. The summed E-state index contributed by atoms with van der Waals surface area (Å²) in [4.78, 5) is 23.8. The van der Waals surface area contributed by atoms with Gasteiger partial charge in [-0.25, -0.2) is 12.7 Å². The highest BCUT2D eigenvalue weighted by molar-refractivity contribution is 7.89. The number of anilines is 1. The second-order valence-corrected chi connectivity index (χ2v) is 9.93. The molecule has 0 unspecified atom stereocenters. The van der Waals surface area contributed by atoms with Crippen molar-refractivity contribution >= 4 is 38.3 Å². The van der Waals surface area contributed by atoms with Gasteiger partial charge >= 0.3 is 0 Å². The Bertz CT molecular complexity index is 1270. The maximum absolute atomic E-state index is 12.8. The number of carbonyl (C=O) groups is 2. The minimum absolute atomic E-state index is 0.137. The monoisotopic (exact) mass is 479 g/mol. The van der Waals surface area contributed by atoms with Gasteiger partial charge in [0.15, 0.2) is 0 Å². The number of aryl methyl sites for hydroxylation is 1. The van der Waals surface area contributed by atoms with Gasteiger partial charge in [-0.2, -0.15) is 0 Å². The zero-order chi connectivity index (χ0) is 24.6. The fourth-order valence-corrected chi connectivity index (χ4v) is 4.79. The van der Waals surface area contributed by atoms with Crippen LogP contribution in [0.1, 0.15) is 18.4 Å². The molecule has 0 heterocycles. The molecule has 0 aromatic heterocycles. The molecular weight excluding hydrogens is 450 g/mol. The Labute approximate surface area is 200 Å². The van der Waals surface area contributed by atoms with Crippen LogP contribution in [0.15, 0.2) is 84.3 Å². The van der Waals surface area contributed by atoms with Crippen LogP contribution in [-0.4, -0.2) is 44.7 Å². The molecule has 2 N–H and O–H groups in total. The highest BCUT2D eigenvalue weighted by Crippen LogP contribution is 2.21. The van der Waals surface area contributed by atoms with E-state index >= 15 is 0 Å². The Balaban J connectivity index is 1.53. The molecule has 3 aromatic rings. The van der Waals surface area contributed by atoms with E-state index in [2.05, 4.69) is 23.3 Å². The second-order valence-electron chi connectivity index (χ2n) is 7.89. The average molecular weight is 480 g/mol. The van der Waals surface area contributed by atoms with Crippen molar-refractivity contribution in [3.63, 3.8) is 0 Å². The van der Waals surface area contributed by atoms with Gasteiger partial charge in [0.25, 0.3) is 0 Å². The van der Waals surface area contributed by atoms with Crippen molar-refractivity contribution in [2.45, 2.75) is 24.2 Å². The van der Waals surface area contributed by atoms with Gasteiger partial charge in [-0.1, -0.05) is 49.0 Å². The first-order chi connectivity index (χ1) is 16.3. The lowest BCUT2D eigenvalue weighted by molar-refractivity contribution is -0.117.